The topological polar surface area (TPSA) is 22.1 Å². The van der Waals surface area contributed by atoms with E-state index in [-0.39, 0.29) is 5.82 Å². The van der Waals surface area contributed by atoms with Crippen molar-refractivity contribution >= 4 is 11.6 Å². The van der Waals surface area contributed by atoms with Crippen LogP contribution in [0.4, 0.5) is 4.39 Å². The maximum Gasteiger partial charge on any atom is 0.142 e. The highest BCUT2D eigenvalue weighted by Crippen LogP contribution is 2.30. The highest BCUT2D eigenvalue weighted by Gasteiger charge is 2.10. The number of hydrogen-bond acceptors (Lipinski definition) is 2. The van der Waals surface area contributed by atoms with Gasteiger partial charge >= 0.3 is 0 Å². The van der Waals surface area contributed by atoms with E-state index in [0.717, 1.165) is 16.7 Å². The first-order chi connectivity index (χ1) is 8.26. The summed E-state index contributed by atoms with van der Waals surface area (Å²) in [5.41, 5.74) is 2.59. The minimum absolute atomic E-state index is 0.267. The molecular weight excluding hydrogens is 241 g/mol. The molecule has 0 saturated carbocycles. The van der Waals surface area contributed by atoms with Gasteiger partial charge in [-0.3, -0.25) is 4.98 Å². The van der Waals surface area contributed by atoms with Crippen LogP contribution in [0.25, 0.3) is 11.1 Å². The van der Waals surface area contributed by atoms with Crippen LogP contribution in [0.3, 0.4) is 0 Å². The molecule has 0 aliphatic heterocycles. The lowest BCUT2D eigenvalue weighted by atomic mass is 10.0. The van der Waals surface area contributed by atoms with E-state index in [4.69, 9.17) is 16.3 Å². The second-order valence-corrected chi connectivity index (χ2v) is 3.78. The fourth-order valence-electron chi connectivity index (χ4n) is 1.66. The first-order valence-corrected chi connectivity index (χ1v) is 5.62. The molecular formula is C13H11ClFNO. The summed E-state index contributed by atoms with van der Waals surface area (Å²) in [6.45, 7) is 0. The summed E-state index contributed by atoms with van der Waals surface area (Å²) in [7, 11) is 1.57. The number of pyridine rings is 1. The maximum absolute atomic E-state index is 12.9. The van der Waals surface area contributed by atoms with E-state index in [0.29, 0.717) is 11.6 Å². The molecule has 2 rings (SSSR count). The van der Waals surface area contributed by atoms with Crippen molar-refractivity contribution in [3.05, 3.63) is 48.0 Å². The SMILES string of the molecule is COc1cncc(-c2ccc(F)cc2)c1CCl. The normalized spacial score (nSPS) is 10.3. The molecule has 88 valence electrons. The molecule has 0 radical (unpaired) electrons. The van der Waals surface area contributed by atoms with Gasteiger partial charge in [-0.05, 0) is 17.7 Å². The molecule has 1 aromatic heterocycles. The number of nitrogens with zero attached hydrogens (tertiary/aromatic N) is 1. The fraction of sp³-hybridized carbons (Fsp3) is 0.154. The third kappa shape index (κ3) is 2.39. The lowest BCUT2D eigenvalue weighted by Gasteiger charge is -2.11. The van der Waals surface area contributed by atoms with Crippen LogP contribution in [0, 0.1) is 5.82 Å². The third-order valence-electron chi connectivity index (χ3n) is 2.53. The molecule has 2 aromatic rings. The summed E-state index contributed by atoms with van der Waals surface area (Å²) in [6, 6.07) is 6.21. The summed E-state index contributed by atoms with van der Waals surface area (Å²) < 4.78 is 18.1. The van der Waals surface area contributed by atoms with E-state index in [1.807, 2.05) is 0 Å². The molecule has 1 heterocycles. The maximum atomic E-state index is 12.9. The van der Waals surface area contributed by atoms with Gasteiger partial charge in [0.1, 0.15) is 11.6 Å². The van der Waals surface area contributed by atoms with Gasteiger partial charge in [-0.25, -0.2) is 4.39 Å². The fourth-order valence-corrected chi connectivity index (χ4v) is 1.94. The molecule has 0 saturated heterocycles. The molecule has 4 heteroatoms. The van der Waals surface area contributed by atoms with Crippen molar-refractivity contribution in [1.29, 1.82) is 0 Å². The molecule has 0 unspecified atom stereocenters. The van der Waals surface area contributed by atoms with Crippen LogP contribution in [0.15, 0.2) is 36.7 Å². The standard InChI is InChI=1S/C13H11ClFNO/c1-17-13-8-16-7-12(11(13)6-14)9-2-4-10(15)5-3-9/h2-5,7-8H,6H2,1H3. The molecule has 0 atom stereocenters. The van der Waals surface area contributed by atoms with Gasteiger partial charge in [0, 0.05) is 17.3 Å². The Morgan fingerprint density at radius 3 is 2.53 bits per heavy atom. The lowest BCUT2D eigenvalue weighted by molar-refractivity contribution is 0.409. The van der Waals surface area contributed by atoms with Crippen molar-refractivity contribution in [2.75, 3.05) is 7.11 Å². The number of halogens is 2. The summed E-state index contributed by atoms with van der Waals surface area (Å²) in [4.78, 5) is 4.09. The molecule has 0 aliphatic carbocycles. The molecule has 0 bridgehead atoms. The summed E-state index contributed by atoms with van der Waals surface area (Å²) in [5, 5.41) is 0. The molecule has 0 spiro atoms. The Bertz CT molecular complexity index is 513. The molecule has 17 heavy (non-hydrogen) atoms. The molecule has 0 aliphatic rings. The van der Waals surface area contributed by atoms with Crippen LogP contribution in [-0.2, 0) is 5.88 Å². The largest absolute Gasteiger partial charge is 0.495 e. The van der Waals surface area contributed by atoms with Crippen LogP contribution in [0.5, 0.6) is 5.75 Å². The van der Waals surface area contributed by atoms with E-state index in [1.165, 1.54) is 12.1 Å². The molecule has 2 nitrogen and oxygen atoms in total. The third-order valence-corrected chi connectivity index (χ3v) is 2.79. The van der Waals surface area contributed by atoms with E-state index in [2.05, 4.69) is 4.98 Å². The van der Waals surface area contributed by atoms with Crippen molar-refractivity contribution in [2.45, 2.75) is 5.88 Å². The number of hydrogen-bond donors (Lipinski definition) is 0. The van der Waals surface area contributed by atoms with E-state index in [1.54, 1.807) is 31.6 Å². The van der Waals surface area contributed by atoms with Crippen molar-refractivity contribution < 1.29 is 9.13 Å². The Kier molecular flexibility index (Phi) is 3.59. The average Bonchev–Trinajstić information content (AvgIpc) is 2.38. The number of ether oxygens (including phenoxy) is 1. The number of alkyl halides is 1. The van der Waals surface area contributed by atoms with Gasteiger partial charge in [-0.2, -0.15) is 0 Å². The van der Waals surface area contributed by atoms with Crippen LogP contribution in [-0.4, -0.2) is 12.1 Å². The van der Waals surface area contributed by atoms with E-state index < -0.39 is 0 Å². The van der Waals surface area contributed by atoms with Crippen LogP contribution < -0.4 is 4.74 Å². The van der Waals surface area contributed by atoms with Gasteiger partial charge in [-0.1, -0.05) is 12.1 Å². The quantitative estimate of drug-likeness (QED) is 0.777. The van der Waals surface area contributed by atoms with Gasteiger partial charge in [0.2, 0.25) is 0 Å². The lowest BCUT2D eigenvalue weighted by Crippen LogP contribution is -1.94. The predicted octanol–water partition coefficient (Wildman–Crippen LogP) is 3.64. The zero-order valence-electron chi connectivity index (χ0n) is 9.28. The highest BCUT2D eigenvalue weighted by atomic mass is 35.5. The summed E-state index contributed by atoms with van der Waals surface area (Å²) in [5.74, 6) is 0.692. The first-order valence-electron chi connectivity index (χ1n) is 5.09. The number of aromatic nitrogens is 1. The zero-order chi connectivity index (χ0) is 12.3. The number of methoxy groups -OCH3 is 1. The second-order valence-electron chi connectivity index (χ2n) is 3.51. The van der Waals surface area contributed by atoms with Gasteiger partial charge in [-0.15, -0.1) is 11.6 Å². The van der Waals surface area contributed by atoms with E-state index in [9.17, 15) is 4.39 Å². The Balaban J connectivity index is 2.54. The summed E-state index contributed by atoms with van der Waals surface area (Å²) >= 11 is 5.92. The Hall–Kier alpha value is -1.61. The van der Waals surface area contributed by atoms with Gasteiger partial charge in [0.05, 0.1) is 19.2 Å². The van der Waals surface area contributed by atoms with Crippen molar-refractivity contribution in [2.24, 2.45) is 0 Å². The van der Waals surface area contributed by atoms with Gasteiger partial charge < -0.3 is 4.74 Å². The van der Waals surface area contributed by atoms with Crippen LogP contribution >= 0.6 is 11.6 Å². The van der Waals surface area contributed by atoms with Crippen LogP contribution in [0.1, 0.15) is 5.56 Å². The summed E-state index contributed by atoms with van der Waals surface area (Å²) in [6.07, 6.45) is 3.32. The molecule has 0 N–H and O–H groups in total. The average molecular weight is 252 g/mol. The Morgan fingerprint density at radius 2 is 1.94 bits per heavy atom. The zero-order valence-corrected chi connectivity index (χ0v) is 10.0. The van der Waals surface area contributed by atoms with E-state index >= 15 is 0 Å². The second kappa shape index (κ2) is 5.15. The van der Waals surface area contributed by atoms with Gasteiger partial charge in [0.25, 0.3) is 0 Å². The molecule has 0 amide bonds. The molecule has 1 aromatic carbocycles. The highest BCUT2D eigenvalue weighted by molar-refractivity contribution is 6.17. The monoisotopic (exact) mass is 251 g/mol. The first kappa shape index (κ1) is 11.9. The van der Waals surface area contributed by atoms with Crippen molar-refractivity contribution in [1.82, 2.24) is 4.98 Å². The molecule has 0 fully saturated rings. The number of benzene rings is 1. The van der Waals surface area contributed by atoms with Crippen LogP contribution in [0.2, 0.25) is 0 Å². The minimum Gasteiger partial charge on any atom is -0.495 e. The minimum atomic E-state index is -0.267. The predicted molar refractivity (Wildman–Crippen MR) is 65.7 cm³/mol. The Labute approximate surface area is 104 Å². The number of rotatable bonds is 3. The Morgan fingerprint density at radius 1 is 1.24 bits per heavy atom. The van der Waals surface area contributed by atoms with Crippen molar-refractivity contribution in [3.63, 3.8) is 0 Å². The smallest absolute Gasteiger partial charge is 0.142 e. The van der Waals surface area contributed by atoms with Crippen molar-refractivity contribution in [3.8, 4) is 16.9 Å². The van der Waals surface area contributed by atoms with Gasteiger partial charge in [0.15, 0.2) is 0 Å².